The Hall–Kier alpha value is -2.76. The molecule has 3 aromatic rings. The summed E-state index contributed by atoms with van der Waals surface area (Å²) in [5.74, 6) is -2.02. The molecule has 0 aliphatic rings. The van der Waals surface area contributed by atoms with Crippen LogP contribution in [0.4, 0.5) is 14.7 Å². The maximum absolute atomic E-state index is 13.6. The normalized spacial score (nSPS) is 10.8. The van der Waals surface area contributed by atoms with Crippen LogP contribution in [0.5, 0.6) is 0 Å². The lowest BCUT2D eigenvalue weighted by atomic mass is 10.2. The zero-order valence-corrected chi connectivity index (χ0v) is 11.1. The summed E-state index contributed by atoms with van der Waals surface area (Å²) in [6.45, 7) is 0. The molecular weight excluding hydrogens is 276 g/mol. The molecule has 0 unspecified atom stereocenters. The monoisotopic (exact) mass is 287 g/mol. The van der Waals surface area contributed by atoms with Crippen molar-refractivity contribution in [2.24, 2.45) is 7.05 Å². The highest BCUT2D eigenvalue weighted by atomic mass is 19.1. The third kappa shape index (κ3) is 2.35. The van der Waals surface area contributed by atoms with Crippen molar-refractivity contribution in [3.63, 3.8) is 0 Å². The second-order valence-electron chi connectivity index (χ2n) is 4.56. The molecule has 0 aliphatic heterocycles. The first kappa shape index (κ1) is 13.2. The summed E-state index contributed by atoms with van der Waals surface area (Å²) in [5.41, 5.74) is 1.32. The molecule has 0 aliphatic carbocycles. The Morgan fingerprint density at radius 1 is 1.19 bits per heavy atom. The van der Waals surface area contributed by atoms with Crippen molar-refractivity contribution in [2.75, 3.05) is 5.32 Å². The average molecular weight is 287 g/mol. The van der Waals surface area contributed by atoms with Gasteiger partial charge in [0, 0.05) is 13.1 Å². The number of imidazole rings is 1. The van der Waals surface area contributed by atoms with Crippen molar-refractivity contribution < 1.29 is 13.6 Å². The first-order valence-electron chi connectivity index (χ1n) is 6.24. The molecule has 6 heteroatoms. The first-order valence-corrected chi connectivity index (χ1v) is 6.24. The highest BCUT2D eigenvalue weighted by molar-refractivity contribution is 6.04. The van der Waals surface area contributed by atoms with Gasteiger partial charge in [0.25, 0.3) is 5.91 Å². The van der Waals surface area contributed by atoms with Crippen molar-refractivity contribution in [2.45, 2.75) is 0 Å². The number of amides is 1. The van der Waals surface area contributed by atoms with Crippen molar-refractivity contribution in [1.29, 1.82) is 0 Å². The van der Waals surface area contributed by atoms with Crippen LogP contribution in [-0.4, -0.2) is 15.5 Å². The minimum absolute atomic E-state index is 0.233. The Bertz CT molecular complexity index is 842. The number of carbonyl (C=O) groups is 1. The fourth-order valence-electron chi connectivity index (χ4n) is 2.10. The molecule has 0 saturated heterocycles. The van der Waals surface area contributed by atoms with E-state index in [1.807, 2.05) is 24.3 Å². The van der Waals surface area contributed by atoms with E-state index in [9.17, 15) is 13.6 Å². The summed E-state index contributed by atoms with van der Waals surface area (Å²) in [5, 5.41) is 2.53. The fraction of sp³-hybridized carbons (Fsp3) is 0.0667. The minimum Gasteiger partial charge on any atom is -0.313 e. The summed E-state index contributed by atoms with van der Waals surface area (Å²) < 4.78 is 28.1. The van der Waals surface area contributed by atoms with E-state index in [-0.39, 0.29) is 5.56 Å². The van der Waals surface area contributed by atoms with Gasteiger partial charge in [-0.05, 0) is 24.3 Å². The van der Waals surface area contributed by atoms with Crippen molar-refractivity contribution >= 4 is 22.9 Å². The first-order chi connectivity index (χ1) is 10.1. The molecule has 106 valence electrons. The number of para-hydroxylation sites is 2. The lowest BCUT2D eigenvalue weighted by Gasteiger charge is -2.06. The lowest BCUT2D eigenvalue weighted by Crippen LogP contribution is -2.16. The van der Waals surface area contributed by atoms with E-state index in [1.54, 1.807) is 11.6 Å². The molecule has 3 rings (SSSR count). The standard InChI is InChI=1S/C15H11F2N3O/c1-20-13-5-3-2-4-12(13)18-15(20)19-14(21)10-7-6-9(16)8-11(10)17/h2-8H,1H3,(H,18,19,21). The molecule has 4 nitrogen and oxygen atoms in total. The molecule has 0 saturated carbocycles. The van der Waals surface area contributed by atoms with Gasteiger partial charge in [0.1, 0.15) is 11.6 Å². The molecule has 1 heterocycles. The van der Waals surface area contributed by atoms with Gasteiger partial charge >= 0.3 is 0 Å². The van der Waals surface area contributed by atoms with Crippen LogP contribution in [0, 0.1) is 11.6 Å². The van der Waals surface area contributed by atoms with Crippen LogP contribution in [0.1, 0.15) is 10.4 Å². The number of carbonyl (C=O) groups excluding carboxylic acids is 1. The Morgan fingerprint density at radius 3 is 2.67 bits per heavy atom. The molecule has 0 fully saturated rings. The molecule has 2 aromatic carbocycles. The Balaban J connectivity index is 1.94. The Morgan fingerprint density at radius 2 is 1.95 bits per heavy atom. The van der Waals surface area contributed by atoms with Gasteiger partial charge in [-0.15, -0.1) is 0 Å². The van der Waals surface area contributed by atoms with Crippen LogP contribution < -0.4 is 5.32 Å². The van der Waals surface area contributed by atoms with Gasteiger partial charge in [-0.25, -0.2) is 13.8 Å². The second-order valence-corrected chi connectivity index (χ2v) is 4.56. The fourth-order valence-corrected chi connectivity index (χ4v) is 2.10. The number of halogens is 2. The van der Waals surface area contributed by atoms with Gasteiger partial charge in [-0.3, -0.25) is 10.1 Å². The summed E-state index contributed by atoms with van der Waals surface area (Å²) in [4.78, 5) is 16.3. The number of nitrogens with one attached hydrogen (secondary N) is 1. The molecule has 0 atom stereocenters. The van der Waals surface area contributed by atoms with E-state index in [0.29, 0.717) is 12.0 Å². The molecule has 1 amide bonds. The van der Waals surface area contributed by atoms with Crippen LogP contribution in [0.2, 0.25) is 0 Å². The topological polar surface area (TPSA) is 46.9 Å². The third-order valence-electron chi connectivity index (χ3n) is 3.19. The lowest BCUT2D eigenvalue weighted by molar-refractivity contribution is 0.102. The highest BCUT2D eigenvalue weighted by Crippen LogP contribution is 2.19. The highest BCUT2D eigenvalue weighted by Gasteiger charge is 2.15. The molecule has 0 spiro atoms. The van der Waals surface area contributed by atoms with E-state index in [4.69, 9.17) is 0 Å². The van der Waals surface area contributed by atoms with Gasteiger partial charge in [-0.2, -0.15) is 0 Å². The van der Waals surface area contributed by atoms with Gasteiger partial charge in [0.15, 0.2) is 0 Å². The quantitative estimate of drug-likeness (QED) is 0.787. The number of hydrogen-bond acceptors (Lipinski definition) is 2. The number of rotatable bonds is 2. The van der Waals surface area contributed by atoms with E-state index in [2.05, 4.69) is 10.3 Å². The number of aromatic nitrogens is 2. The molecule has 0 radical (unpaired) electrons. The van der Waals surface area contributed by atoms with Gasteiger partial charge in [0.05, 0.1) is 16.6 Å². The SMILES string of the molecule is Cn1c(NC(=O)c2ccc(F)cc2F)nc2ccccc21. The van der Waals surface area contributed by atoms with Crippen molar-refractivity contribution in [3.8, 4) is 0 Å². The molecular formula is C15H11F2N3O. The van der Waals surface area contributed by atoms with Crippen LogP contribution in [0.3, 0.4) is 0 Å². The predicted octanol–water partition coefficient (Wildman–Crippen LogP) is 3.10. The van der Waals surface area contributed by atoms with Crippen LogP contribution in [0.15, 0.2) is 42.5 Å². The number of aryl methyl sites for hydroxylation is 1. The summed E-state index contributed by atoms with van der Waals surface area (Å²) in [6, 6.07) is 10.2. The third-order valence-corrected chi connectivity index (χ3v) is 3.19. The van der Waals surface area contributed by atoms with Crippen molar-refractivity contribution in [1.82, 2.24) is 9.55 Å². The average Bonchev–Trinajstić information content (AvgIpc) is 2.76. The van der Waals surface area contributed by atoms with E-state index >= 15 is 0 Å². The van der Waals surface area contributed by atoms with E-state index in [1.165, 1.54) is 0 Å². The number of nitrogens with zero attached hydrogens (tertiary/aromatic N) is 2. The maximum Gasteiger partial charge on any atom is 0.260 e. The Labute approximate surface area is 119 Å². The predicted molar refractivity (Wildman–Crippen MR) is 75.0 cm³/mol. The second kappa shape index (κ2) is 4.97. The molecule has 1 aromatic heterocycles. The number of benzene rings is 2. The number of hydrogen-bond donors (Lipinski definition) is 1. The van der Waals surface area contributed by atoms with E-state index in [0.717, 1.165) is 23.2 Å². The largest absolute Gasteiger partial charge is 0.313 e. The van der Waals surface area contributed by atoms with Gasteiger partial charge in [-0.1, -0.05) is 12.1 Å². The number of fused-ring (bicyclic) bond motifs is 1. The van der Waals surface area contributed by atoms with Gasteiger partial charge < -0.3 is 4.57 Å². The maximum atomic E-state index is 13.6. The molecule has 21 heavy (non-hydrogen) atoms. The van der Waals surface area contributed by atoms with Crippen LogP contribution >= 0.6 is 0 Å². The summed E-state index contributed by atoms with van der Waals surface area (Å²) >= 11 is 0. The smallest absolute Gasteiger partial charge is 0.260 e. The zero-order chi connectivity index (χ0) is 15.0. The molecule has 0 bridgehead atoms. The minimum atomic E-state index is -0.911. The molecule has 1 N–H and O–H groups in total. The van der Waals surface area contributed by atoms with E-state index < -0.39 is 17.5 Å². The van der Waals surface area contributed by atoms with Crippen LogP contribution in [0.25, 0.3) is 11.0 Å². The zero-order valence-electron chi connectivity index (χ0n) is 11.1. The van der Waals surface area contributed by atoms with Crippen LogP contribution in [-0.2, 0) is 7.05 Å². The summed E-state index contributed by atoms with van der Waals surface area (Å²) in [6.07, 6.45) is 0. The van der Waals surface area contributed by atoms with Crippen molar-refractivity contribution in [3.05, 3.63) is 59.7 Å². The van der Waals surface area contributed by atoms with Gasteiger partial charge in [0.2, 0.25) is 5.95 Å². The number of anilines is 1. The Kier molecular flexibility index (Phi) is 3.13. The summed E-state index contributed by atoms with van der Waals surface area (Å²) in [7, 11) is 1.74.